The van der Waals surface area contributed by atoms with Crippen molar-refractivity contribution in [1.29, 1.82) is 0 Å². The van der Waals surface area contributed by atoms with Crippen LogP contribution in [0.1, 0.15) is 25.5 Å². The van der Waals surface area contributed by atoms with Crippen molar-refractivity contribution in [2.45, 2.75) is 26.2 Å². The maximum Gasteiger partial charge on any atom is 0.123 e. The molecule has 1 unspecified atom stereocenters. The van der Waals surface area contributed by atoms with Crippen LogP contribution in [0.5, 0.6) is 0 Å². The lowest BCUT2D eigenvalue weighted by Gasteiger charge is -2.37. The molecule has 0 radical (unpaired) electrons. The molecule has 1 aliphatic rings. The number of rotatable bonds is 7. The summed E-state index contributed by atoms with van der Waals surface area (Å²) < 4.78 is 15.0. The lowest BCUT2D eigenvalue weighted by atomic mass is 9.68. The van der Waals surface area contributed by atoms with E-state index in [1.807, 2.05) is 24.0 Å². The van der Waals surface area contributed by atoms with Gasteiger partial charge in [-0.1, -0.05) is 11.6 Å². The van der Waals surface area contributed by atoms with E-state index in [1.165, 1.54) is 23.3 Å². The molecule has 142 valence electrons. The van der Waals surface area contributed by atoms with Gasteiger partial charge in [0.05, 0.1) is 5.69 Å². The second-order valence-corrected chi connectivity index (χ2v) is 7.23. The molecule has 3 N–H and O–H groups in total. The summed E-state index contributed by atoms with van der Waals surface area (Å²) in [6, 6.07) is 8.46. The van der Waals surface area contributed by atoms with Gasteiger partial charge in [-0.2, -0.15) is 5.10 Å². The molecule has 1 aliphatic carbocycles. The monoisotopic (exact) mass is 366 g/mol. The zero-order valence-electron chi connectivity index (χ0n) is 16.0. The number of aryl methyl sites for hydroxylation is 1. The Bertz CT molecular complexity index is 876. The highest BCUT2D eigenvalue weighted by atomic mass is 19.1. The second kappa shape index (κ2) is 7.92. The van der Waals surface area contributed by atoms with E-state index in [0.717, 1.165) is 36.3 Å². The van der Waals surface area contributed by atoms with Crippen molar-refractivity contribution in [1.82, 2.24) is 9.78 Å². The first kappa shape index (κ1) is 19.1. The van der Waals surface area contributed by atoms with E-state index in [4.69, 9.17) is 5.73 Å². The van der Waals surface area contributed by atoms with Gasteiger partial charge in [-0.05, 0) is 68.3 Å². The SMILES string of the molecule is C=CC1(Cc2ccn(C)n2)CC(C)=C(Nc2ccc(F)cc2)C=C1CCN. The molecule has 0 saturated carbocycles. The van der Waals surface area contributed by atoms with E-state index in [-0.39, 0.29) is 11.2 Å². The first-order valence-corrected chi connectivity index (χ1v) is 9.21. The molecule has 0 aliphatic heterocycles. The fourth-order valence-corrected chi connectivity index (χ4v) is 3.76. The van der Waals surface area contributed by atoms with E-state index < -0.39 is 0 Å². The molecule has 0 fully saturated rings. The van der Waals surface area contributed by atoms with E-state index >= 15 is 0 Å². The van der Waals surface area contributed by atoms with Crippen LogP contribution in [-0.4, -0.2) is 16.3 Å². The Morgan fingerprint density at radius 1 is 1.33 bits per heavy atom. The van der Waals surface area contributed by atoms with Crippen molar-refractivity contribution in [2.24, 2.45) is 18.2 Å². The molecular formula is C22H27FN4. The highest BCUT2D eigenvalue weighted by Crippen LogP contribution is 2.45. The minimum atomic E-state index is -0.240. The first-order valence-electron chi connectivity index (χ1n) is 9.21. The van der Waals surface area contributed by atoms with Gasteiger partial charge in [-0.15, -0.1) is 6.58 Å². The molecule has 1 aromatic heterocycles. The molecule has 2 aromatic rings. The van der Waals surface area contributed by atoms with Gasteiger partial charge in [0.2, 0.25) is 0 Å². The molecular weight excluding hydrogens is 339 g/mol. The van der Waals surface area contributed by atoms with Crippen molar-refractivity contribution in [2.75, 3.05) is 11.9 Å². The Morgan fingerprint density at radius 2 is 2.07 bits per heavy atom. The van der Waals surface area contributed by atoms with Crippen LogP contribution < -0.4 is 11.1 Å². The highest BCUT2D eigenvalue weighted by molar-refractivity contribution is 5.55. The van der Waals surface area contributed by atoms with Gasteiger partial charge in [0.25, 0.3) is 0 Å². The first-order chi connectivity index (χ1) is 13.0. The number of halogens is 1. The van der Waals surface area contributed by atoms with Crippen LogP contribution in [0.3, 0.4) is 0 Å². The van der Waals surface area contributed by atoms with Crippen LogP contribution in [0.2, 0.25) is 0 Å². The van der Waals surface area contributed by atoms with E-state index in [0.29, 0.717) is 6.54 Å². The van der Waals surface area contributed by atoms with Gasteiger partial charge in [-0.25, -0.2) is 4.39 Å². The minimum absolute atomic E-state index is 0.189. The van der Waals surface area contributed by atoms with Gasteiger partial charge >= 0.3 is 0 Å². The molecule has 0 saturated heterocycles. The third kappa shape index (κ3) is 4.19. The largest absolute Gasteiger partial charge is 0.356 e. The van der Waals surface area contributed by atoms with Crippen LogP contribution in [0.15, 0.2) is 72.1 Å². The Balaban J connectivity index is 1.91. The van der Waals surface area contributed by atoms with Gasteiger partial charge in [0.15, 0.2) is 0 Å². The van der Waals surface area contributed by atoms with Crippen molar-refractivity contribution >= 4 is 5.69 Å². The third-order valence-corrected chi connectivity index (χ3v) is 5.19. The maximum atomic E-state index is 13.2. The predicted octanol–water partition coefficient (Wildman–Crippen LogP) is 4.34. The molecule has 1 aromatic carbocycles. The zero-order chi connectivity index (χ0) is 19.4. The molecule has 1 heterocycles. The van der Waals surface area contributed by atoms with Crippen molar-refractivity contribution < 1.29 is 4.39 Å². The third-order valence-electron chi connectivity index (χ3n) is 5.19. The zero-order valence-corrected chi connectivity index (χ0v) is 16.0. The smallest absolute Gasteiger partial charge is 0.123 e. The molecule has 4 nitrogen and oxygen atoms in total. The fourth-order valence-electron chi connectivity index (χ4n) is 3.76. The summed E-state index contributed by atoms with van der Waals surface area (Å²) in [5.74, 6) is -0.240. The number of nitrogens with two attached hydrogens (primary N) is 1. The molecule has 27 heavy (non-hydrogen) atoms. The summed E-state index contributed by atoms with van der Waals surface area (Å²) in [4.78, 5) is 0. The van der Waals surface area contributed by atoms with Gasteiger partial charge in [-0.3, -0.25) is 4.68 Å². The summed E-state index contributed by atoms with van der Waals surface area (Å²) in [7, 11) is 1.93. The summed E-state index contributed by atoms with van der Waals surface area (Å²) in [5.41, 5.74) is 11.2. The minimum Gasteiger partial charge on any atom is -0.356 e. The lowest BCUT2D eigenvalue weighted by molar-refractivity contribution is 0.422. The van der Waals surface area contributed by atoms with Crippen molar-refractivity contribution in [3.8, 4) is 0 Å². The number of nitrogens with zero attached hydrogens (tertiary/aromatic N) is 2. The molecule has 0 bridgehead atoms. The summed E-state index contributed by atoms with van der Waals surface area (Å²) in [6.07, 6.45) is 8.63. The maximum absolute atomic E-state index is 13.2. The molecule has 0 spiro atoms. The van der Waals surface area contributed by atoms with E-state index in [1.54, 1.807) is 12.1 Å². The molecule has 5 heteroatoms. The number of hydrogen-bond donors (Lipinski definition) is 2. The van der Waals surface area contributed by atoms with Gasteiger partial charge in [0, 0.05) is 36.5 Å². The average Bonchev–Trinajstić information content (AvgIpc) is 3.05. The van der Waals surface area contributed by atoms with Crippen LogP contribution in [-0.2, 0) is 13.5 Å². The van der Waals surface area contributed by atoms with E-state index in [9.17, 15) is 4.39 Å². The Kier molecular flexibility index (Phi) is 5.61. The summed E-state index contributed by atoms with van der Waals surface area (Å²) >= 11 is 0. The van der Waals surface area contributed by atoms with Crippen molar-refractivity contribution in [3.63, 3.8) is 0 Å². The Morgan fingerprint density at radius 3 is 2.67 bits per heavy atom. The van der Waals surface area contributed by atoms with Crippen LogP contribution in [0.25, 0.3) is 0 Å². The standard InChI is InChI=1S/C22H27FN4/c1-4-22(15-20-10-12-27(3)26-20)14-16(2)21(13-17(22)9-11-24)25-19-7-5-18(23)6-8-19/h4-8,10,12-13,25H,1,9,11,14-15,24H2,2-3H3. The second-order valence-electron chi connectivity index (χ2n) is 7.23. The molecule has 3 rings (SSSR count). The van der Waals surface area contributed by atoms with Crippen LogP contribution in [0, 0.1) is 11.2 Å². The summed E-state index contributed by atoms with van der Waals surface area (Å²) in [6.45, 7) is 6.84. The van der Waals surface area contributed by atoms with Crippen LogP contribution >= 0.6 is 0 Å². The molecule has 1 atom stereocenters. The number of nitrogens with one attached hydrogen (secondary N) is 1. The number of aromatic nitrogens is 2. The highest BCUT2D eigenvalue weighted by Gasteiger charge is 2.35. The normalized spacial score (nSPS) is 19.8. The topological polar surface area (TPSA) is 55.9 Å². The number of anilines is 1. The number of benzene rings is 1. The quantitative estimate of drug-likeness (QED) is 0.717. The van der Waals surface area contributed by atoms with Crippen LogP contribution in [0.4, 0.5) is 10.1 Å². The number of hydrogen-bond acceptors (Lipinski definition) is 3. The predicted molar refractivity (Wildman–Crippen MR) is 109 cm³/mol. The summed E-state index contributed by atoms with van der Waals surface area (Å²) in [5, 5.41) is 7.97. The number of allylic oxidation sites excluding steroid dienone is 3. The average molecular weight is 366 g/mol. The van der Waals surface area contributed by atoms with Gasteiger partial charge < -0.3 is 11.1 Å². The Hall–Kier alpha value is -2.66. The molecule has 0 amide bonds. The van der Waals surface area contributed by atoms with E-state index in [2.05, 4.69) is 36.1 Å². The van der Waals surface area contributed by atoms with Gasteiger partial charge in [0.1, 0.15) is 5.82 Å². The Labute approximate surface area is 160 Å². The fraction of sp³-hybridized carbons (Fsp3) is 0.318. The lowest BCUT2D eigenvalue weighted by Crippen LogP contribution is -2.30. The van der Waals surface area contributed by atoms with Crippen molar-refractivity contribution in [3.05, 3.63) is 83.6 Å².